The van der Waals surface area contributed by atoms with Gasteiger partial charge >= 0.3 is 0 Å². The first-order chi connectivity index (χ1) is 8.83. The van der Waals surface area contributed by atoms with Gasteiger partial charge in [-0.15, -0.1) is 0 Å². The number of H-pyrrole nitrogens is 2. The van der Waals surface area contributed by atoms with E-state index in [1.165, 1.54) is 5.69 Å². The molecule has 2 N–H and O–H groups in total. The van der Waals surface area contributed by atoms with Gasteiger partial charge in [-0.25, -0.2) is 4.98 Å². The maximum absolute atomic E-state index is 4.68. The highest BCUT2D eigenvalue weighted by Gasteiger charge is 2.09. The smallest absolute Gasteiger partial charge is 0.112 e. The zero-order chi connectivity index (χ0) is 12.4. The molecule has 3 nitrogen and oxygen atoms in total. The van der Waals surface area contributed by atoms with Crippen molar-refractivity contribution in [3.05, 3.63) is 65.9 Å². The summed E-state index contributed by atoms with van der Waals surface area (Å²) in [6.07, 6.45) is 2.74. The zero-order valence-electron chi connectivity index (χ0n) is 10.3. The third-order valence-corrected chi connectivity index (χ3v) is 3.00. The average Bonchev–Trinajstić information content (AvgIpc) is 3.01. The minimum atomic E-state index is 0.806. The Balaban J connectivity index is 1.92. The molecule has 0 fully saturated rings. The first kappa shape index (κ1) is 10.8. The highest BCUT2D eigenvalue weighted by molar-refractivity contribution is 5.61. The normalized spacial score (nSPS) is 10.7. The van der Waals surface area contributed by atoms with Crippen molar-refractivity contribution in [1.29, 1.82) is 0 Å². The fourth-order valence-electron chi connectivity index (χ4n) is 2.14. The second-order valence-corrected chi connectivity index (χ2v) is 4.40. The van der Waals surface area contributed by atoms with Crippen LogP contribution in [0.1, 0.15) is 17.2 Å². The number of aromatic amines is 2. The molecular weight excluding hydrogens is 222 g/mol. The Hall–Kier alpha value is -2.29. The molecule has 0 aliphatic heterocycles. The second-order valence-electron chi connectivity index (χ2n) is 4.40. The molecule has 0 atom stereocenters. The van der Waals surface area contributed by atoms with Crippen molar-refractivity contribution >= 4 is 0 Å². The average molecular weight is 237 g/mol. The third kappa shape index (κ3) is 2.07. The van der Waals surface area contributed by atoms with Crippen LogP contribution >= 0.6 is 0 Å². The quantitative estimate of drug-likeness (QED) is 0.721. The molecule has 1 aromatic carbocycles. The Kier molecular flexibility index (Phi) is 2.73. The first-order valence-electron chi connectivity index (χ1n) is 6.06. The second kappa shape index (κ2) is 4.53. The number of imidazole rings is 1. The lowest BCUT2D eigenvalue weighted by Gasteiger charge is -1.96. The van der Waals surface area contributed by atoms with Crippen LogP contribution in [-0.4, -0.2) is 15.0 Å². The van der Waals surface area contributed by atoms with Crippen molar-refractivity contribution in [2.24, 2.45) is 0 Å². The number of aromatic nitrogens is 3. The summed E-state index contributed by atoms with van der Waals surface area (Å²) in [7, 11) is 0. The van der Waals surface area contributed by atoms with E-state index in [1.54, 1.807) is 0 Å². The Bertz CT molecular complexity index is 621. The van der Waals surface area contributed by atoms with Crippen molar-refractivity contribution in [3.63, 3.8) is 0 Å². The van der Waals surface area contributed by atoms with E-state index in [4.69, 9.17) is 0 Å². The fraction of sp³-hybridized carbons (Fsp3) is 0.133. The number of hydrogen-bond acceptors (Lipinski definition) is 1. The summed E-state index contributed by atoms with van der Waals surface area (Å²) in [5, 5.41) is 0. The molecule has 2 aromatic heterocycles. The Morgan fingerprint density at radius 2 is 1.89 bits per heavy atom. The number of nitrogens with zero attached hydrogens (tertiary/aromatic N) is 1. The molecule has 3 rings (SSSR count). The highest BCUT2D eigenvalue weighted by Crippen LogP contribution is 2.21. The number of benzene rings is 1. The van der Waals surface area contributed by atoms with Gasteiger partial charge in [0.15, 0.2) is 0 Å². The van der Waals surface area contributed by atoms with Crippen LogP contribution < -0.4 is 0 Å². The molecule has 18 heavy (non-hydrogen) atoms. The largest absolute Gasteiger partial charge is 0.365 e. The van der Waals surface area contributed by atoms with Crippen LogP contribution in [0.5, 0.6) is 0 Å². The predicted octanol–water partition coefficient (Wildman–Crippen LogP) is 3.30. The van der Waals surface area contributed by atoms with E-state index in [9.17, 15) is 0 Å². The molecule has 0 saturated carbocycles. The van der Waals surface area contributed by atoms with E-state index in [-0.39, 0.29) is 0 Å². The fourth-order valence-corrected chi connectivity index (χ4v) is 2.14. The molecule has 0 radical (unpaired) electrons. The Morgan fingerprint density at radius 3 is 2.61 bits per heavy atom. The Labute approximate surface area is 106 Å². The minimum absolute atomic E-state index is 0.806. The molecule has 0 spiro atoms. The van der Waals surface area contributed by atoms with Crippen molar-refractivity contribution in [1.82, 2.24) is 15.0 Å². The van der Waals surface area contributed by atoms with E-state index in [1.807, 2.05) is 30.5 Å². The standard InChI is InChI=1S/C15H15N3/c1-11-15(12-6-3-2-4-7-12)18-14(17-11)10-13-8-5-9-16-13/h2-9,16H,10H2,1H3,(H,17,18). The summed E-state index contributed by atoms with van der Waals surface area (Å²) in [4.78, 5) is 11.2. The van der Waals surface area contributed by atoms with Crippen molar-refractivity contribution < 1.29 is 0 Å². The van der Waals surface area contributed by atoms with Crippen LogP contribution in [0.4, 0.5) is 0 Å². The molecule has 0 bridgehead atoms. The maximum atomic E-state index is 4.68. The van der Waals surface area contributed by atoms with Crippen LogP contribution in [0, 0.1) is 6.92 Å². The SMILES string of the molecule is Cc1[nH]c(Cc2ccc[nH]2)nc1-c1ccccc1. The molecule has 90 valence electrons. The van der Waals surface area contributed by atoms with Crippen LogP contribution in [0.2, 0.25) is 0 Å². The molecule has 0 aliphatic rings. The minimum Gasteiger partial charge on any atom is -0.365 e. The number of rotatable bonds is 3. The van der Waals surface area contributed by atoms with Crippen LogP contribution in [0.15, 0.2) is 48.7 Å². The van der Waals surface area contributed by atoms with E-state index < -0.39 is 0 Å². The van der Waals surface area contributed by atoms with E-state index in [2.05, 4.69) is 40.1 Å². The molecular formula is C15H15N3. The van der Waals surface area contributed by atoms with E-state index >= 15 is 0 Å². The van der Waals surface area contributed by atoms with Crippen LogP contribution in [0.25, 0.3) is 11.3 Å². The van der Waals surface area contributed by atoms with E-state index in [0.29, 0.717) is 0 Å². The van der Waals surface area contributed by atoms with Gasteiger partial charge < -0.3 is 9.97 Å². The number of nitrogens with one attached hydrogen (secondary N) is 2. The lowest BCUT2D eigenvalue weighted by molar-refractivity contribution is 0.984. The first-order valence-corrected chi connectivity index (χ1v) is 6.06. The summed E-state index contributed by atoms with van der Waals surface area (Å²) >= 11 is 0. The summed E-state index contributed by atoms with van der Waals surface area (Å²) in [6, 6.07) is 14.3. The van der Waals surface area contributed by atoms with Gasteiger partial charge in [0.1, 0.15) is 5.82 Å². The van der Waals surface area contributed by atoms with Gasteiger partial charge in [-0.2, -0.15) is 0 Å². The summed E-state index contributed by atoms with van der Waals surface area (Å²) in [5.74, 6) is 0.994. The van der Waals surface area contributed by atoms with Crippen LogP contribution in [0.3, 0.4) is 0 Å². The van der Waals surface area contributed by atoms with Gasteiger partial charge in [-0.3, -0.25) is 0 Å². The van der Waals surface area contributed by atoms with Gasteiger partial charge in [0, 0.05) is 29.6 Å². The van der Waals surface area contributed by atoms with Gasteiger partial charge in [-0.1, -0.05) is 30.3 Å². The van der Waals surface area contributed by atoms with Crippen molar-refractivity contribution in [2.75, 3.05) is 0 Å². The number of aryl methyl sites for hydroxylation is 1. The van der Waals surface area contributed by atoms with Crippen molar-refractivity contribution in [3.8, 4) is 11.3 Å². The molecule has 0 saturated heterocycles. The van der Waals surface area contributed by atoms with Gasteiger partial charge in [0.05, 0.1) is 5.69 Å². The topological polar surface area (TPSA) is 44.5 Å². The summed E-state index contributed by atoms with van der Waals surface area (Å²) in [6.45, 7) is 2.06. The summed E-state index contributed by atoms with van der Waals surface area (Å²) < 4.78 is 0. The van der Waals surface area contributed by atoms with Crippen molar-refractivity contribution in [2.45, 2.75) is 13.3 Å². The number of hydrogen-bond donors (Lipinski definition) is 2. The predicted molar refractivity (Wildman–Crippen MR) is 72.4 cm³/mol. The lowest BCUT2D eigenvalue weighted by atomic mass is 10.1. The highest BCUT2D eigenvalue weighted by atomic mass is 14.9. The molecule has 3 heteroatoms. The molecule has 0 aliphatic carbocycles. The zero-order valence-corrected chi connectivity index (χ0v) is 10.3. The van der Waals surface area contributed by atoms with Gasteiger partial charge in [0.2, 0.25) is 0 Å². The molecule has 3 aromatic rings. The Morgan fingerprint density at radius 1 is 1.06 bits per heavy atom. The van der Waals surface area contributed by atoms with E-state index in [0.717, 1.165) is 29.2 Å². The lowest BCUT2D eigenvalue weighted by Crippen LogP contribution is -1.90. The molecule has 2 heterocycles. The monoisotopic (exact) mass is 237 g/mol. The van der Waals surface area contributed by atoms with Gasteiger partial charge in [-0.05, 0) is 19.1 Å². The molecule has 0 unspecified atom stereocenters. The third-order valence-electron chi connectivity index (χ3n) is 3.00. The summed E-state index contributed by atoms with van der Waals surface area (Å²) in [5.41, 5.74) is 4.48. The maximum Gasteiger partial charge on any atom is 0.112 e. The van der Waals surface area contributed by atoms with Crippen LogP contribution in [-0.2, 0) is 6.42 Å². The molecule has 0 amide bonds. The van der Waals surface area contributed by atoms with Gasteiger partial charge in [0.25, 0.3) is 0 Å².